The van der Waals surface area contributed by atoms with E-state index in [0.29, 0.717) is 17.4 Å². The zero-order chi connectivity index (χ0) is 14.4. The highest BCUT2D eigenvalue weighted by Crippen LogP contribution is 2.20. The number of carbonyl (C=O) groups is 1. The summed E-state index contributed by atoms with van der Waals surface area (Å²) in [6.07, 6.45) is 1.32. The Balaban J connectivity index is 2.03. The molecule has 20 heavy (non-hydrogen) atoms. The van der Waals surface area contributed by atoms with Crippen LogP contribution in [0, 0.1) is 6.92 Å². The van der Waals surface area contributed by atoms with Crippen LogP contribution >= 0.6 is 11.8 Å². The van der Waals surface area contributed by atoms with Crippen molar-refractivity contribution >= 4 is 17.7 Å². The van der Waals surface area contributed by atoms with E-state index < -0.39 is 0 Å². The first kappa shape index (κ1) is 14.6. The summed E-state index contributed by atoms with van der Waals surface area (Å²) in [5, 5.41) is 8.83. The third-order valence-corrected chi connectivity index (χ3v) is 3.72. The van der Waals surface area contributed by atoms with Gasteiger partial charge in [0.05, 0.1) is 0 Å². The molecule has 2 aromatic rings. The van der Waals surface area contributed by atoms with Crippen molar-refractivity contribution in [2.45, 2.75) is 37.6 Å². The van der Waals surface area contributed by atoms with Crippen LogP contribution in [0.25, 0.3) is 0 Å². The first-order valence-electron chi connectivity index (χ1n) is 6.59. The average Bonchev–Trinajstić information content (AvgIpc) is 2.79. The lowest BCUT2D eigenvalue weighted by atomic mass is 10.2. The number of carbonyl (C=O) groups excluding carboxylic acids is 1. The van der Waals surface area contributed by atoms with Crippen molar-refractivity contribution in [1.29, 1.82) is 0 Å². The molecule has 1 heterocycles. The molecule has 0 fully saturated rings. The molecule has 5 nitrogen and oxygen atoms in total. The average molecular weight is 290 g/mol. The van der Waals surface area contributed by atoms with E-state index in [4.69, 9.17) is 0 Å². The minimum Gasteiger partial charge on any atom is -0.273 e. The quantitative estimate of drug-likeness (QED) is 0.831. The Labute approximate surface area is 122 Å². The number of hydrogen-bond donors (Lipinski definition) is 1. The molecule has 0 saturated carbocycles. The minimum absolute atomic E-state index is 0.0167. The first-order chi connectivity index (χ1) is 9.70. The molecule has 0 saturated heterocycles. The molecule has 0 aliphatic heterocycles. The number of nitrogens with one attached hydrogen (secondary N) is 1. The van der Waals surface area contributed by atoms with E-state index in [1.807, 2.05) is 32.0 Å². The van der Waals surface area contributed by atoms with Crippen molar-refractivity contribution in [2.24, 2.45) is 0 Å². The van der Waals surface area contributed by atoms with Gasteiger partial charge in [0, 0.05) is 12.2 Å². The summed E-state index contributed by atoms with van der Waals surface area (Å²) in [5.74, 6) is 1.46. The van der Waals surface area contributed by atoms with Crippen LogP contribution in [0.5, 0.6) is 0 Å². The largest absolute Gasteiger partial charge is 0.273 e. The Morgan fingerprint density at radius 3 is 2.75 bits per heavy atom. The molecule has 0 atom stereocenters. The van der Waals surface area contributed by atoms with E-state index in [9.17, 15) is 4.79 Å². The number of thioether (sulfide) groups is 1. The first-order valence-corrected chi connectivity index (χ1v) is 7.58. The number of aromatic nitrogens is 3. The molecule has 0 aliphatic carbocycles. The number of hydrogen-bond acceptors (Lipinski definition) is 4. The van der Waals surface area contributed by atoms with Crippen molar-refractivity contribution in [3.05, 3.63) is 41.7 Å². The summed E-state index contributed by atoms with van der Waals surface area (Å²) in [6.45, 7) is 3.80. The van der Waals surface area contributed by atoms with Crippen molar-refractivity contribution in [2.75, 3.05) is 5.43 Å². The molecule has 0 radical (unpaired) electrons. The second-order valence-corrected chi connectivity index (χ2v) is 5.37. The lowest BCUT2D eigenvalue weighted by molar-refractivity contribution is -0.117. The lowest BCUT2D eigenvalue weighted by Gasteiger charge is -2.09. The van der Waals surface area contributed by atoms with Gasteiger partial charge >= 0.3 is 0 Å². The predicted molar refractivity (Wildman–Crippen MR) is 80.0 cm³/mol. The highest BCUT2D eigenvalue weighted by atomic mass is 32.2. The van der Waals surface area contributed by atoms with Gasteiger partial charge in [0.1, 0.15) is 5.82 Å². The van der Waals surface area contributed by atoms with Crippen molar-refractivity contribution < 1.29 is 4.79 Å². The summed E-state index contributed by atoms with van der Waals surface area (Å²) in [5.41, 5.74) is 4.04. The smallest absolute Gasteiger partial charge is 0.238 e. The monoisotopic (exact) mass is 290 g/mol. The fraction of sp³-hybridized carbons (Fsp3) is 0.357. The standard InChI is InChI=1S/C14H18N4OS/c1-3-7-13(19)17-18-11(2)15-16-14(18)20-10-12-8-5-4-6-9-12/h4-6,8-9H,3,7,10H2,1-2H3,(H,17,19). The molecule has 0 unspecified atom stereocenters. The lowest BCUT2D eigenvalue weighted by Crippen LogP contribution is -2.24. The zero-order valence-electron chi connectivity index (χ0n) is 11.7. The van der Waals surface area contributed by atoms with Crippen molar-refractivity contribution in [3.8, 4) is 0 Å². The van der Waals surface area contributed by atoms with Crippen LogP contribution < -0.4 is 5.43 Å². The summed E-state index contributed by atoms with van der Waals surface area (Å²) in [6, 6.07) is 10.1. The molecular formula is C14H18N4OS. The SMILES string of the molecule is CCCC(=O)Nn1c(C)nnc1SCc1ccccc1. The van der Waals surface area contributed by atoms with Gasteiger partial charge in [0.15, 0.2) is 0 Å². The molecule has 2 rings (SSSR count). The van der Waals surface area contributed by atoms with E-state index in [1.54, 1.807) is 16.4 Å². The van der Waals surface area contributed by atoms with Gasteiger partial charge in [0.25, 0.3) is 0 Å². The molecule has 0 aliphatic rings. The van der Waals surface area contributed by atoms with Crippen LogP contribution in [0.1, 0.15) is 31.2 Å². The molecule has 106 valence electrons. The number of nitrogens with zero attached hydrogens (tertiary/aromatic N) is 3. The Hall–Kier alpha value is -1.82. The van der Waals surface area contributed by atoms with Gasteiger partial charge in [-0.1, -0.05) is 49.0 Å². The predicted octanol–water partition coefficient (Wildman–Crippen LogP) is 2.75. The van der Waals surface area contributed by atoms with Crippen LogP contribution in [0.2, 0.25) is 0 Å². The van der Waals surface area contributed by atoms with Gasteiger partial charge in [-0.2, -0.15) is 0 Å². The van der Waals surface area contributed by atoms with Crippen LogP contribution in [-0.2, 0) is 10.5 Å². The van der Waals surface area contributed by atoms with Crippen LogP contribution in [0.15, 0.2) is 35.5 Å². The van der Waals surface area contributed by atoms with Crippen molar-refractivity contribution in [1.82, 2.24) is 14.9 Å². The fourth-order valence-corrected chi connectivity index (χ4v) is 2.59. The summed E-state index contributed by atoms with van der Waals surface area (Å²) >= 11 is 1.56. The topological polar surface area (TPSA) is 59.8 Å². The molecule has 1 amide bonds. The van der Waals surface area contributed by atoms with Gasteiger partial charge in [-0.3, -0.25) is 10.2 Å². The number of rotatable bonds is 6. The molecule has 1 aromatic carbocycles. The fourth-order valence-electron chi connectivity index (χ4n) is 1.69. The molecule has 1 aromatic heterocycles. The van der Waals surface area contributed by atoms with Gasteiger partial charge < -0.3 is 0 Å². The summed E-state index contributed by atoms with van der Waals surface area (Å²) in [4.78, 5) is 11.7. The minimum atomic E-state index is -0.0167. The van der Waals surface area contributed by atoms with E-state index in [2.05, 4.69) is 27.8 Å². The number of amides is 1. The number of benzene rings is 1. The van der Waals surface area contributed by atoms with E-state index in [0.717, 1.165) is 12.2 Å². The maximum atomic E-state index is 11.7. The maximum absolute atomic E-state index is 11.7. The number of aryl methyl sites for hydroxylation is 1. The summed E-state index contributed by atoms with van der Waals surface area (Å²) < 4.78 is 1.66. The summed E-state index contributed by atoms with van der Waals surface area (Å²) in [7, 11) is 0. The second-order valence-electron chi connectivity index (χ2n) is 4.42. The third-order valence-electron chi connectivity index (χ3n) is 2.72. The van der Waals surface area contributed by atoms with Crippen LogP contribution in [-0.4, -0.2) is 20.8 Å². The molecule has 0 spiro atoms. The van der Waals surface area contributed by atoms with Crippen LogP contribution in [0.3, 0.4) is 0 Å². The third kappa shape index (κ3) is 3.84. The molecule has 0 bridgehead atoms. The van der Waals surface area contributed by atoms with E-state index in [-0.39, 0.29) is 5.91 Å². The van der Waals surface area contributed by atoms with Gasteiger partial charge in [-0.15, -0.1) is 10.2 Å². The van der Waals surface area contributed by atoms with Crippen LogP contribution in [0.4, 0.5) is 0 Å². The molecule has 6 heteroatoms. The Morgan fingerprint density at radius 1 is 1.30 bits per heavy atom. The van der Waals surface area contributed by atoms with E-state index in [1.165, 1.54) is 5.56 Å². The molecular weight excluding hydrogens is 272 g/mol. The molecule has 1 N–H and O–H groups in total. The highest BCUT2D eigenvalue weighted by molar-refractivity contribution is 7.98. The Kier molecular flexibility index (Phi) is 5.17. The van der Waals surface area contributed by atoms with Gasteiger partial charge in [-0.25, -0.2) is 4.68 Å². The highest BCUT2D eigenvalue weighted by Gasteiger charge is 2.11. The Bertz CT molecular complexity index is 568. The zero-order valence-corrected chi connectivity index (χ0v) is 12.5. The normalized spacial score (nSPS) is 10.5. The second kappa shape index (κ2) is 7.09. The van der Waals surface area contributed by atoms with Gasteiger partial charge in [0.2, 0.25) is 11.1 Å². The Morgan fingerprint density at radius 2 is 2.05 bits per heavy atom. The maximum Gasteiger partial charge on any atom is 0.238 e. The van der Waals surface area contributed by atoms with Gasteiger partial charge in [-0.05, 0) is 18.9 Å². The van der Waals surface area contributed by atoms with Crippen molar-refractivity contribution in [3.63, 3.8) is 0 Å². The van der Waals surface area contributed by atoms with E-state index >= 15 is 0 Å².